The average Bonchev–Trinajstić information content (AvgIpc) is 2.18. The number of nitro groups is 1. The number of benzene rings is 1. The molecule has 0 spiro atoms. The second kappa shape index (κ2) is 4.36. The van der Waals surface area contributed by atoms with Crippen LogP contribution in [0.15, 0.2) is 29.4 Å². The maximum atomic E-state index is 10.5. The van der Waals surface area contributed by atoms with Crippen molar-refractivity contribution in [3.8, 4) is 0 Å². The van der Waals surface area contributed by atoms with Crippen LogP contribution in [0.1, 0.15) is 12.5 Å². The van der Waals surface area contributed by atoms with Gasteiger partial charge in [-0.25, -0.2) is 0 Å². The van der Waals surface area contributed by atoms with Gasteiger partial charge in [-0.15, -0.1) is 0 Å². The first-order chi connectivity index (χ1) is 6.65. The van der Waals surface area contributed by atoms with Crippen molar-refractivity contribution in [2.45, 2.75) is 6.92 Å². The predicted molar refractivity (Wildman–Crippen MR) is 52.3 cm³/mol. The zero-order chi connectivity index (χ0) is 10.6. The lowest BCUT2D eigenvalue weighted by Crippen LogP contribution is -1.97. The lowest BCUT2D eigenvalue weighted by Gasteiger charge is -1.98. The van der Waals surface area contributed by atoms with Crippen LogP contribution in [0.5, 0.6) is 0 Å². The van der Waals surface area contributed by atoms with E-state index in [1.54, 1.807) is 19.1 Å². The molecule has 1 rings (SSSR count). The van der Waals surface area contributed by atoms with Gasteiger partial charge in [-0.1, -0.05) is 17.3 Å². The summed E-state index contributed by atoms with van der Waals surface area (Å²) in [6, 6.07) is 6.24. The Morgan fingerprint density at radius 2 is 2.29 bits per heavy atom. The molecular formula is C9H10N2O3. The van der Waals surface area contributed by atoms with Crippen molar-refractivity contribution in [1.82, 2.24) is 0 Å². The van der Waals surface area contributed by atoms with E-state index in [0.717, 1.165) is 0 Å². The van der Waals surface area contributed by atoms with Gasteiger partial charge in [-0.3, -0.25) is 10.1 Å². The van der Waals surface area contributed by atoms with Gasteiger partial charge in [0.15, 0.2) is 0 Å². The van der Waals surface area contributed by atoms with Crippen molar-refractivity contribution in [2.75, 3.05) is 7.11 Å². The SMILES string of the molecule is CO/N=C(/C)c1cccc([N+](=O)[O-])c1. The predicted octanol–water partition coefficient (Wildman–Crippen LogP) is 1.97. The third kappa shape index (κ3) is 2.29. The Labute approximate surface area is 81.1 Å². The minimum Gasteiger partial charge on any atom is -0.399 e. The molecule has 0 saturated carbocycles. The molecule has 0 atom stereocenters. The van der Waals surface area contributed by atoms with Gasteiger partial charge in [0.1, 0.15) is 7.11 Å². The first-order valence-electron chi connectivity index (χ1n) is 3.97. The van der Waals surface area contributed by atoms with E-state index < -0.39 is 4.92 Å². The van der Waals surface area contributed by atoms with Crippen LogP contribution in [0.25, 0.3) is 0 Å². The van der Waals surface area contributed by atoms with Crippen LogP contribution < -0.4 is 0 Å². The minimum absolute atomic E-state index is 0.0492. The fraction of sp³-hybridized carbons (Fsp3) is 0.222. The van der Waals surface area contributed by atoms with Gasteiger partial charge in [0.2, 0.25) is 0 Å². The maximum absolute atomic E-state index is 10.5. The molecule has 1 aromatic rings. The Bertz CT molecular complexity index is 374. The molecule has 0 aromatic heterocycles. The fourth-order valence-corrected chi connectivity index (χ4v) is 1.03. The van der Waals surface area contributed by atoms with E-state index in [2.05, 4.69) is 9.99 Å². The molecule has 0 aliphatic heterocycles. The van der Waals surface area contributed by atoms with E-state index >= 15 is 0 Å². The standard InChI is InChI=1S/C9H10N2O3/c1-7(10-14-2)8-4-3-5-9(6-8)11(12)13/h3-6H,1-2H3/b10-7-. The quantitative estimate of drug-likeness (QED) is 0.419. The van der Waals surface area contributed by atoms with Gasteiger partial charge in [-0.2, -0.15) is 0 Å². The molecule has 0 amide bonds. The molecule has 0 aliphatic rings. The van der Waals surface area contributed by atoms with Crippen LogP contribution in [0.3, 0.4) is 0 Å². The molecule has 0 bridgehead atoms. The summed E-state index contributed by atoms with van der Waals surface area (Å²) in [5, 5.41) is 14.2. The number of non-ortho nitro benzene ring substituents is 1. The molecule has 14 heavy (non-hydrogen) atoms. The summed E-state index contributed by atoms with van der Waals surface area (Å²) in [5.41, 5.74) is 1.34. The van der Waals surface area contributed by atoms with Gasteiger partial charge in [0.25, 0.3) is 5.69 Å². The summed E-state index contributed by atoms with van der Waals surface area (Å²) >= 11 is 0. The second-order valence-electron chi connectivity index (χ2n) is 2.67. The van der Waals surface area contributed by atoms with Gasteiger partial charge in [0.05, 0.1) is 10.6 Å². The van der Waals surface area contributed by atoms with E-state index in [1.807, 2.05) is 0 Å². The smallest absolute Gasteiger partial charge is 0.270 e. The molecule has 0 radical (unpaired) electrons. The number of rotatable bonds is 3. The fourth-order valence-electron chi connectivity index (χ4n) is 1.03. The summed E-state index contributed by atoms with van der Waals surface area (Å²) in [4.78, 5) is 14.6. The molecule has 0 saturated heterocycles. The molecule has 5 nitrogen and oxygen atoms in total. The first kappa shape index (κ1) is 10.2. The molecule has 0 heterocycles. The summed E-state index contributed by atoms with van der Waals surface area (Å²) in [6.07, 6.45) is 0. The minimum atomic E-state index is -0.441. The number of nitrogens with zero attached hydrogens (tertiary/aromatic N) is 2. The highest BCUT2D eigenvalue weighted by Crippen LogP contribution is 2.13. The monoisotopic (exact) mass is 194 g/mol. The van der Waals surface area contributed by atoms with E-state index in [1.165, 1.54) is 19.2 Å². The highest BCUT2D eigenvalue weighted by molar-refractivity contribution is 5.98. The third-order valence-electron chi connectivity index (χ3n) is 1.70. The topological polar surface area (TPSA) is 64.7 Å². The Morgan fingerprint density at radius 1 is 1.57 bits per heavy atom. The largest absolute Gasteiger partial charge is 0.399 e. The third-order valence-corrected chi connectivity index (χ3v) is 1.70. The summed E-state index contributed by atoms with van der Waals surface area (Å²) in [6.45, 7) is 1.72. The van der Waals surface area contributed by atoms with Crippen molar-refractivity contribution in [2.24, 2.45) is 5.16 Å². The Hall–Kier alpha value is -1.91. The molecular weight excluding hydrogens is 184 g/mol. The van der Waals surface area contributed by atoms with Crippen molar-refractivity contribution in [3.63, 3.8) is 0 Å². The van der Waals surface area contributed by atoms with Crippen LogP contribution >= 0.6 is 0 Å². The van der Waals surface area contributed by atoms with E-state index in [4.69, 9.17) is 0 Å². The number of hydrogen-bond donors (Lipinski definition) is 0. The zero-order valence-electron chi connectivity index (χ0n) is 7.93. The van der Waals surface area contributed by atoms with Gasteiger partial charge in [0, 0.05) is 17.7 Å². The highest BCUT2D eigenvalue weighted by atomic mass is 16.6. The second-order valence-corrected chi connectivity index (χ2v) is 2.67. The van der Waals surface area contributed by atoms with E-state index in [0.29, 0.717) is 11.3 Å². The average molecular weight is 194 g/mol. The lowest BCUT2D eigenvalue weighted by molar-refractivity contribution is -0.384. The molecule has 0 fully saturated rings. The Morgan fingerprint density at radius 3 is 2.86 bits per heavy atom. The molecule has 74 valence electrons. The number of nitro benzene ring substituents is 1. The Balaban J connectivity index is 3.05. The summed E-state index contributed by atoms with van der Waals surface area (Å²) in [5.74, 6) is 0. The van der Waals surface area contributed by atoms with Crippen LogP contribution in [0, 0.1) is 10.1 Å². The van der Waals surface area contributed by atoms with Crippen LogP contribution in [0.2, 0.25) is 0 Å². The lowest BCUT2D eigenvalue weighted by atomic mass is 10.1. The Kier molecular flexibility index (Phi) is 3.17. The summed E-state index contributed by atoms with van der Waals surface area (Å²) in [7, 11) is 1.43. The van der Waals surface area contributed by atoms with E-state index in [-0.39, 0.29) is 5.69 Å². The molecule has 1 aromatic carbocycles. The van der Waals surface area contributed by atoms with Gasteiger partial charge >= 0.3 is 0 Å². The van der Waals surface area contributed by atoms with Crippen molar-refractivity contribution >= 4 is 11.4 Å². The molecule has 0 N–H and O–H groups in total. The number of oxime groups is 1. The van der Waals surface area contributed by atoms with Crippen LogP contribution in [-0.2, 0) is 4.84 Å². The molecule has 0 unspecified atom stereocenters. The highest BCUT2D eigenvalue weighted by Gasteiger charge is 2.07. The van der Waals surface area contributed by atoms with Crippen molar-refractivity contribution in [3.05, 3.63) is 39.9 Å². The van der Waals surface area contributed by atoms with Crippen molar-refractivity contribution in [1.29, 1.82) is 0 Å². The molecule has 5 heteroatoms. The summed E-state index contributed by atoms with van der Waals surface area (Å²) < 4.78 is 0. The maximum Gasteiger partial charge on any atom is 0.270 e. The first-order valence-corrected chi connectivity index (χ1v) is 3.97. The van der Waals surface area contributed by atoms with Gasteiger partial charge in [-0.05, 0) is 6.92 Å². The van der Waals surface area contributed by atoms with Gasteiger partial charge < -0.3 is 4.84 Å². The van der Waals surface area contributed by atoms with E-state index in [9.17, 15) is 10.1 Å². The zero-order valence-corrected chi connectivity index (χ0v) is 7.93. The normalized spacial score (nSPS) is 11.1. The van der Waals surface area contributed by atoms with Crippen molar-refractivity contribution < 1.29 is 9.76 Å². The number of hydrogen-bond acceptors (Lipinski definition) is 4. The van der Waals surface area contributed by atoms with Crippen LogP contribution in [0.4, 0.5) is 5.69 Å². The molecule has 0 aliphatic carbocycles. The van der Waals surface area contributed by atoms with Crippen LogP contribution in [-0.4, -0.2) is 17.7 Å².